The Bertz CT molecular complexity index is 1250. The van der Waals surface area contributed by atoms with E-state index in [1.165, 1.54) is 19.3 Å². The van der Waals surface area contributed by atoms with Crippen molar-refractivity contribution in [3.63, 3.8) is 0 Å². The number of carbonyl (C=O) groups excluding carboxylic acids is 1. The highest BCUT2D eigenvalue weighted by atomic mass is 32.1. The molecule has 1 aliphatic rings. The van der Waals surface area contributed by atoms with Crippen LogP contribution in [0.3, 0.4) is 0 Å². The second-order valence-electron chi connectivity index (χ2n) is 9.24. The Morgan fingerprint density at radius 3 is 2.41 bits per heavy atom. The summed E-state index contributed by atoms with van der Waals surface area (Å²) in [6.07, 6.45) is 6.10. The number of carbonyl (C=O) groups is 1. The second-order valence-corrected chi connectivity index (χ2v) is 10.1. The molecule has 174 valence electrons. The average Bonchev–Trinajstić information content (AvgIpc) is 3.50. The van der Waals surface area contributed by atoms with Gasteiger partial charge in [-0.05, 0) is 31.4 Å². The van der Waals surface area contributed by atoms with Crippen LogP contribution in [-0.2, 0) is 6.54 Å². The van der Waals surface area contributed by atoms with Crippen molar-refractivity contribution in [2.45, 2.75) is 51.6 Å². The first-order valence-corrected chi connectivity index (χ1v) is 13.0. The predicted molar refractivity (Wildman–Crippen MR) is 140 cm³/mol. The molecule has 4 nitrogen and oxygen atoms in total. The minimum atomic E-state index is 0.0654. The molecule has 5 heteroatoms. The van der Waals surface area contributed by atoms with Gasteiger partial charge in [0.1, 0.15) is 5.01 Å². The molecular weight excluding hydrogens is 438 g/mol. The Kier molecular flexibility index (Phi) is 6.63. The van der Waals surface area contributed by atoms with Crippen LogP contribution in [0.15, 0.2) is 72.1 Å². The standard InChI is InChI=1S/C29H31N3OS/c1-21-25(29(33)31(2)19-22-12-6-3-7-13-22)18-27(32(21)24-16-10-5-11-17-24)26-20-34-28(30-26)23-14-8-4-9-15-23/h3-4,6-9,12-15,18,20,24H,5,10-11,16-17,19H2,1-2H3. The van der Waals surface area contributed by atoms with E-state index in [1.54, 1.807) is 11.3 Å². The largest absolute Gasteiger partial charge is 0.340 e. The third kappa shape index (κ3) is 4.58. The summed E-state index contributed by atoms with van der Waals surface area (Å²) in [7, 11) is 1.89. The Hall–Kier alpha value is -3.18. The van der Waals surface area contributed by atoms with Gasteiger partial charge in [-0.2, -0.15) is 0 Å². The normalized spacial score (nSPS) is 14.3. The van der Waals surface area contributed by atoms with Gasteiger partial charge < -0.3 is 9.47 Å². The van der Waals surface area contributed by atoms with Crippen LogP contribution in [0.4, 0.5) is 0 Å². The fourth-order valence-electron chi connectivity index (χ4n) is 5.08. The van der Waals surface area contributed by atoms with Crippen molar-refractivity contribution in [3.8, 4) is 22.0 Å². The van der Waals surface area contributed by atoms with Crippen molar-refractivity contribution < 1.29 is 4.79 Å². The number of thiazole rings is 1. The molecule has 0 saturated heterocycles. The lowest BCUT2D eigenvalue weighted by Gasteiger charge is -2.27. The number of amides is 1. The minimum Gasteiger partial charge on any atom is -0.340 e. The number of hydrogen-bond acceptors (Lipinski definition) is 3. The molecule has 5 rings (SSSR count). The summed E-state index contributed by atoms with van der Waals surface area (Å²) in [5, 5.41) is 3.15. The lowest BCUT2D eigenvalue weighted by atomic mass is 9.95. The van der Waals surface area contributed by atoms with Crippen LogP contribution in [0.25, 0.3) is 22.0 Å². The number of aromatic nitrogens is 2. The van der Waals surface area contributed by atoms with Crippen LogP contribution in [0.1, 0.15) is 59.8 Å². The summed E-state index contributed by atoms with van der Waals surface area (Å²) >= 11 is 1.66. The van der Waals surface area contributed by atoms with Crippen LogP contribution in [0.2, 0.25) is 0 Å². The summed E-state index contributed by atoms with van der Waals surface area (Å²) in [6.45, 7) is 2.70. The van der Waals surface area contributed by atoms with Gasteiger partial charge in [0.05, 0.1) is 17.0 Å². The zero-order valence-corrected chi connectivity index (χ0v) is 20.7. The summed E-state index contributed by atoms with van der Waals surface area (Å²) in [5.74, 6) is 0.0654. The monoisotopic (exact) mass is 469 g/mol. The summed E-state index contributed by atoms with van der Waals surface area (Å²) < 4.78 is 2.41. The highest BCUT2D eigenvalue weighted by Crippen LogP contribution is 2.38. The second kappa shape index (κ2) is 9.98. The summed E-state index contributed by atoms with van der Waals surface area (Å²) in [4.78, 5) is 20.4. The molecule has 0 radical (unpaired) electrons. The van der Waals surface area contributed by atoms with Crippen LogP contribution < -0.4 is 0 Å². The molecule has 2 aromatic heterocycles. The summed E-state index contributed by atoms with van der Waals surface area (Å²) in [5.41, 5.74) is 6.14. The number of hydrogen-bond donors (Lipinski definition) is 0. The van der Waals surface area contributed by atoms with E-state index < -0.39 is 0 Å². The maximum absolute atomic E-state index is 13.6. The first-order valence-electron chi connectivity index (χ1n) is 12.1. The molecule has 1 aliphatic carbocycles. The molecule has 2 heterocycles. The Morgan fingerprint density at radius 1 is 1.03 bits per heavy atom. The van der Waals surface area contributed by atoms with E-state index in [0.29, 0.717) is 12.6 Å². The third-order valence-electron chi connectivity index (χ3n) is 6.86. The van der Waals surface area contributed by atoms with E-state index in [2.05, 4.69) is 47.2 Å². The van der Waals surface area contributed by atoms with Crippen molar-refractivity contribution in [1.29, 1.82) is 0 Å². The maximum Gasteiger partial charge on any atom is 0.255 e. The predicted octanol–water partition coefficient (Wildman–Crippen LogP) is 7.36. The Balaban J connectivity index is 1.51. The molecular formula is C29H31N3OS. The molecule has 2 aromatic carbocycles. The molecule has 1 fully saturated rings. The molecule has 4 aromatic rings. The van der Waals surface area contributed by atoms with Crippen LogP contribution in [0.5, 0.6) is 0 Å². The van der Waals surface area contributed by atoms with Crippen molar-refractivity contribution in [3.05, 3.63) is 88.9 Å². The van der Waals surface area contributed by atoms with E-state index in [-0.39, 0.29) is 5.91 Å². The Labute approximate surface area is 205 Å². The van der Waals surface area contributed by atoms with E-state index in [9.17, 15) is 4.79 Å². The van der Waals surface area contributed by atoms with Crippen molar-refractivity contribution in [2.75, 3.05) is 7.05 Å². The van der Waals surface area contributed by atoms with Crippen molar-refractivity contribution in [1.82, 2.24) is 14.5 Å². The smallest absolute Gasteiger partial charge is 0.255 e. The molecule has 34 heavy (non-hydrogen) atoms. The molecule has 0 spiro atoms. The highest BCUT2D eigenvalue weighted by molar-refractivity contribution is 7.13. The molecule has 1 saturated carbocycles. The van der Waals surface area contributed by atoms with E-state index in [1.807, 2.05) is 48.3 Å². The molecule has 0 aliphatic heterocycles. The molecule has 1 amide bonds. The molecule has 0 bridgehead atoms. The van der Waals surface area contributed by atoms with E-state index >= 15 is 0 Å². The molecule has 0 unspecified atom stereocenters. The lowest BCUT2D eigenvalue weighted by molar-refractivity contribution is 0.0784. The fourth-order valence-corrected chi connectivity index (χ4v) is 5.90. The maximum atomic E-state index is 13.6. The average molecular weight is 470 g/mol. The van der Waals surface area contributed by atoms with Crippen molar-refractivity contribution in [2.24, 2.45) is 0 Å². The number of benzene rings is 2. The van der Waals surface area contributed by atoms with Crippen LogP contribution in [-0.4, -0.2) is 27.4 Å². The van der Waals surface area contributed by atoms with Crippen LogP contribution in [0, 0.1) is 6.92 Å². The topological polar surface area (TPSA) is 38.1 Å². The first kappa shape index (κ1) is 22.6. The van der Waals surface area contributed by atoms with Crippen molar-refractivity contribution >= 4 is 17.2 Å². The number of nitrogens with zero attached hydrogens (tertiary/aromatic N) is 3. The fraction of sp³-hybridized carbons (Fsp3) is 0.310. The van der Waals surface area contributed by atoms with E-state index in [4.69, 9.17) is 4.98 Å². The zero-order valence-electron chi connectivity index (χ0n) is 19.9. The van der Waals surface area contributed by atoms with Gasteiger partial charge in [-0.1, -0.05) is 79.9 Å². The zero-order chi connectivity index (χ0) is 23.5. The van der Waals surface area contributed by atoms with Gasteiger partial charge in [-0.25, -0.2) is 4.98 Å². The van der Waals surface area contributed by atoms with Gasteiger partial charge in [-0.3, -0.25) is 4.79 Å². The van der Waals surface area contributed by atoms with Gasteiger partial charge in [0, 0.05) is 36.3 Å². The van der Waals surface area contributed by atoms with Crippen LogP contribution >= 0.6 is 11.3 Å². The highest BCUT2D eigenvalue weighted by Gasteiger charge is 2.27. The van der Waals surface area contributed by atoms with Gasteiger partial charge in [0.15, 0.2) is 0 Å². The third-order valence-corrected chi connectivity index (χ3v) is 7.75. The van der Waals surface area contributed by atoms with Gasteiger partial charge in [0.25, 0.3) is 5.91 Å². The quantitative estimate of drug-likeness (QED) is 0.296. The SMILES string of the molecule is Cc1c(C(=O)N(C)Cc2ccccc2)cc(-c2csc(-c3ccccc3)n2)n1C1CCCCC1. The number of rotatable bonds is 6. The Morgan fingerprint density at radius 2 is 1.71 bits per heavy atom. The first-order chi connectivity index (χ1) is 16.6. The van der Waals surface area contributed by atoms with Gasteiger partial charge >= 0.3 is 0 Å². The molecule has 0 atom stereocenters. The summed E-state index contributed by atoms with van der Waals surface area (Å²) in [6, 6.07) is 23.0. The minimum absolute atomic E-state index is 0.0654. The van der Waals surface area contributed by atoms with Gasteiger partial charge in [0.2, 0.25) is 0 Å². The van der Waals surface area contributed by atoms with E-state index in [0.717, 1.165) is 51.6 Å². The van der Waals surface area contributed by atoms with Gasteiger partial charge in [-0.15, -0.1) is 11.3 Å². The molecule has 0 N–H and O–H groups in total. The lowest BCUT2D eigenvalue weighted by Crippen LogP contribution is -2.26.